The highest BCUT2D eigenvalue weighted by molar-refractivity contribution is 5.69. The van der Waals surface area contributed by atoms with Gasteiger partial charge in [-0.1, -0.05) is 13.0 Å². The maximum absolute atomic E-state index is 10.1. The minimum Gasteiger partial charge on any atom is -0.481 e. The third-order valence-corrected chi connectivity index (χ3v) is 1.38. The van der Waals surface area contributed by atoms with Crippen LogP contribution in [0.2, 0.25) is 0 Å². The van der Waals surface area contributed by atoms with Crippen molar-refractivity contribution in [2.24, 2.45) is 0 Å². The van der Waals surface area contributed by atoms with Crippen LogP contribution in [0.25, 0.3) is 0 Å². The van der Waals surface area contributed by atoms with Crippen molar-refractivity contribution in [1.82, 2.24) is 4.98 Å². The number of carboxylic acid groups (broad SMARTS) is 2. The number of hydrogen-bond donors (Lipinski definition) is 2. The number of rotatable bonds is 3. The molecule has 1 aromatic rings. The number of pyridine rings is 1. The van der Waals surface area contributed by atoms with E-state index >= 15 is 0 Å². The summed E-state index contributed by atoms with van der Waals surface area (Å²) in [7, 11) is 0. The molecule has 1 heterocycles. The molecule has 15 heavy (non-hydrogen) atoms. The van der Waals surface area contributed by atoms with Crippen molar-refractivity contribution in [3.05, 3.63) is 30.1 Å². The normalized spacial score (nSPS) is 8.60. The predicted octanol–water partition coefficient (Wildman–Crippen LogP) is 1.19. The molecule has 82 valence electrons. The van der Waals surface area contributed by atoms with Crippen LogP contribution < -0.4 is 0 Å². The van der Waals surface area contributed by atoms with Crippen LogP contribution in [0.3, 0.4) is 0 Å². The Bertz CT molecular complexity index is 310. The van der Waals surface area contributed by atoms with Crippen LogP contribution in [0, 0.1) is 0 Å². The van der Waals surface area contributed by atoms with Crippen molar-refractivity contribution in [2.45, 2.75) is 19.8 Å². The average Bonchev–Trinajstić information content (AvgIpc) is 2.19. The van der Waals surface area contributed by atoms with E-state index in [1.54, 1.807) is 31.5 Å². The SMILES string of the molecule is CCC(=O)O.O=C(O)Cc1cccnc1. The maximum atomic E-state index is 10.1. The molecule has 0 unspecified atom stereocenters. The van der Waals surface area contributed by atoms with Crippen LogP contribution >= 0.6 is 0 Å². The molecule has 0 aromatic carbocycles. The lowest BCUT2D eigenvalue weighted by Crippen LogP contribution is -1.99. The Morgan fingerprint density at radius 3 is 2.27 bits per heavy atom. The molecule has 0 saturated carbocycles. The first-order chi connectivity index (χ1) is 7.06. The monoisotopic (exact) mass is 211 g/mol. The smallest absolute Gasteiger partial charge is 0.307 e. The van der Waals surface area contributed by atoms with Gasteiger partial charge in [-0.15, -0.1) is 0 Å². The van der Waals surface area contributed by atoms with Gasteiger partial charge >= 0.3 is 11.9 Å². The lowest BCUT2D eigenvalue weighted by Gasteiger charge is -1.91. The topological polar surface area (TPSA) is 87.5 Å². The van der Waals surface area contributed by atoms with Crippen molar-refractivity contribution in [3.8, 4) is 0 Å². The Hall–Kier alpha value is -1.91. The highest BCUT2D eigenvalue weighted by Crippen LogP contribution is 1.95. The summed E-state index contributed by atoms with van der Waals surface area (Å²) < 4.78 is 0. The zero-order chi connectivity index (χ0) is 11.7. The van der Waals surface area contributed by atoms with E-state index in [1.807, 2.05) is 0 Å². The van der Waals surface area contributed by atoms with Crippen molar-refractivity contribution >= 4 is 11.9 Å². The fourth-order valence-corrected chi connectivity index (χ4v) is 0.677. The first kappa shape index (κ1) is 13.1. The highest BCUT2D eigenvalue weighted by atomic mass is 16.4. The lowest BCUT2D eigenvalue weighted by atomic mass is 10.2. The van der Waals surface area contributed by atoms with Gasteiger partial charge in [-0.2, -0.15) is 0 Å². The van der Waals surface area contributed by atoms with Crippen molar-refractivity contribution in [1.29, 1.82) is 0 Å². The van der Waals surface area contributed by atoms with Crippen LogP contribution in [0.1, 0.15) is 18.9 Å². The van der Waals surface area contributed by atoms with E-state index in [0.29, 0.717) is 0 Å². The zero-order valence-corrected chi connectivity index (χ0v) is 8.38. The Morgan fingerprint density at radius 1 is 1.33 bits per heavy atom. The average molecular weight is 211 g/mol. The molecule has 0 saturated heterocycles. The summed E-state index contributed by atoms with van der Waals surface area (Å²) in [4.78, 5) is 23.3. The van der Waals surface area contributed by atoms with E-state index in [0.717, 1.165) is 5.56 Å². The first-order valence-electron chi connectivity index (χ1n) is 4.38. The summed E-state index contributed by atoms with van der Waals surface area (Å²) in [6.07, 6.45) is 3.44. The molecule has 0 radical (unpaired) electrons. The molecule has 0 bridgehead atoms. The van der Waals surface area contributed by atoms with Crippen molar-refractivity contribution in [2.75, 3.05) is 0 Å². The molecule has 5 heteroatoms. The van der Waals surface area contributed by atoms with Gasteiger partial charge in [-0.05, 0) is 11.6 Å². The van der Waals surface area contributed by atoms with E-state index in [-0.39, 0.29) is 12.8 Å². The second-order valence-electron chi connectivity index (χ2n) is 2.68. The molecular formula is C10H13NO4. The summed E-state index contributed by atoms with van der Waals surface area (Å²) in [5.74, 6) is -1.57. The predicted molar refractivity (Wildman–Crippen MR) is 53.5 cm³/mol. The van der Waals surface area contributed by atoms with E-state index in [1.165, 1.54) is 0 Å². The summed E-state index contributed by atoms with van der Waals surface area (Å²) in [5, 5.41) is 16.1. The first-order valence-corrected chi connectivity index (χ1v) is 4.38. The summed E-state index contributed by atoms with van der Waals surface area (Å²) in [6.45, 7) is 1.60. The number of aliphatic carboxylic acids is 2. The summed E-state index contributed by atoms with van der Waals surface area (Å²) in [6, 6.07) is 3.46. The fraction of sp³-hybridized carbons (Fsp3) is 0.300. The minimum absolute atomic E-state index is 0.0494. The Morgan fingerprint density at radius 2 is 1.93 bits per heavy atom. The maximum Gasteiger partial charge on any atom is 0.307 e. The number of carboxylic acids is 2. The third-order valence-electron chi connectivity index (χ3n) is 1.38. The molecule has 0 amide bonds. The van der Waals surface area contributed by atoms with Gasteiger partial charge in [0.25, 0.3) is 0 Å². The van der Waals surface area contributed by atoms with E-state index in [9.17, 15) is 9.59 Å². The third kappa shape index (κ3) is 8.42. The molecule has 0 atom stereocenters. The van der Waals surface area contributed by atoms with Crippen LogP contribution in [0.5, 0.6) is 0 Å². The minimum atomic E-state index is -0.826. The van der Waals surface area contributed by atoms with Crippen molar-refractivity contribution in [3.63, 3.8) is 0 Å². The number of nitrogens with zero attached hydrogens (tertiary/aromatic N) is 1. The summed E-state index contributed by atoms with van der Waals surface area (Å²) >= 11 is 0. The quantitative estimate of drug-likeness (QED) is 0.784. The lowest BCUT2D eigenvalue weighted by molar-refractivity contribution is -0.137. The highest BCUT2D eigenvalue weighted by Gasteiger charge is 1.97. The van der Waals surface area contributed by atoms with Gasteiger partial charge in [-0.25, -0.2) is 0 Å². The van der Waals surface area contributed by atoms with Crippen LogP contribution in [0.15, 0.2) is 24.5 Å². The van der Waals surface area contributed by atoms with Gasteiger partial charge in [0.2, 0.25) is 0 Å². The van der Waals surface area contributed by atoms with Crippen LogP contribution in [-0.4, -0.2) is 27.1 Å². The molecule has 0 fully saturated rings. The Balaban J connectivity index is 0.000000336. The number of carbonyl (C=O) groups is 2. The fourth-order valence-electron chi connectivity index (χ4n) is 0.677. The molecule has 1 rings (SSSR count). The molecule has 0 aliphatic heterocycles. The van der Waals surface area contributed by atoms with Crippen LogP contribution in [-0.2, 0) is 16.0 Å². The molecule has 0 spiro atoms. The molecule has 0 aliphatic carbocycles. The second-order valence-corrected chi connectivity index (χ2v) is 2.68. The van der Waals surface area contributed by atoms with E-state index in [4.69, 9.17) is 10.2 Å². The van der Waals surface area contributed by atoms with Gasteiger partial charge in [0.05, 0.1) is 6.42 Å². The standard InChI is InChI=1S/C7H7NO2.C3H6O2/c9-7(10)4-6-2-1-3-8-5-6;1-2-3(4)5/h1-3,5H,4H2,(H,9,10);2H2,1H3,(H,4,5). The van der Waals surface area contributed by atoms with Gasteiger partial charge < -0.3 is 10.2 Å². The van der Waals surface area contributed by atoms with Gasteiger partial charge in [0.15, 0.2) is 0 Å². The molecule has 2 N–H and O–H groups in total. The van der Waals surface area contributed by atoms with Gasteiger partial charge in [-0.3, -0.25) is 14.6 Å². The number of aromatic nitrogens is 1. The Labute approximate surface area is 87.4 Å². The number of hydrogen-bond acceptors (Lipinski definition) is 3. The molecule has 1 aromatic heterocycles. The Kier molecular flexibility index (Phi) is 6.54. The van der Waals surface area contributed by atoms with Gasteiger partial charge in [0, 0.05) is 18.8 Å². The molecule has 0 aliphatic rings. The summed E-state index contributed by atoms with van der Waals surface area (Å²) in [5.41, 5.74) is 0.731. The zero-order valence-electron chi connectivity index (χ0n) is 8.38. The second kappa shape index (κ2) is 7.49. The largest absolute Gasteiger partial charge is 0.481 e. The van der Waals surface area contributed by atoms with Crippen LogP contribution in [0.4, 0.5) is 0 Å². The van der Waals surface area contributed by atoms with Gasteiger partial charge in [0.1, 0.15) is 0 Å². The van der Waals surface area contributed by atoms with E-state index < -0.39 is 11.9 Å². The molecule has 5 nitrogen and oxygen atoms in total. The van der Waals surface area contributed by atoms with E-state index in [2.05, 4.69) is 4.98 Å². The molecular weight excluding hydrogens is 198 g/mol. The van der Waals surface area contributed by atoms with Crippen molar-refractivity contribution < 1.29 is 19.8 Å².